The van der Waals surface area contributed by atoms with Crippen molar-refractivity contribution in [3.63, 3.8) is 0 Å². The van der Waals surface area contributed by atoms with Crippen LogP contribution in [0.1, 0.15) is 12.5 Å². The van der Waals surface area contributed by atoms with Gasteiger partial charge in [0, 0.05) is 22.4 Å². The van der Waals surface area contributed by atoms with Crippen LogP contribution in [0.3, 0.4) is 0 Å². The molecule has 4 heteroatoms. The lowest BCUT2D eigenvalue weighted by Crippen LogP contribution is -1.95. The number of anilines is 1. The molecule has 18 heavy (non-hydrogen) atoms. The van der Waals surface area contributed by atoms with Gasteiger partial charge in [-0.25, -0.2) is 4.98 Å². The lowest BCUT2D eigenvalue weighted by molar-refractivity contribution is 0.337. The highest BCUT2D eigenvalue weighted by Gasteiger charge is 2.03. The molecule has 0 atom stereocenters. The van der Waals surface area contributed by atoms with Crippen LogP contribution in [0.5, 0.6) is 5.75 Å². The minimum atomic E-state index is 0.550. The van der Waals surface area contributed by atoms with Crippen molar-refractivity contribution in [3.8, 4) is 5.75 Å². The molecule has 2 N–H and O–H groups in total. The van der Waals surface area contributed by atoms with E-state index in [0.29, 0.717) is 12.4 Å². The number of nitrogens with zero attached hydrogens (tertiary/aromatic N) is 1. The van der Waals surface area contributed by atoms with Gasteiger partial charge in [0.1, 0.15) is 11.6 Å². The predicted molar refractivity (Wildman–Crippen MR) is 75.8 cm³/mol. The Kier molecular flexibility index (Phi) is 4.47. The molecule has 1 aromatic heterocycles. The number of aromatic nitrogens is 1. The van der Waals surface area contributed by atoms with Gasteiger partial charge in [0.25, 0.3) is 0 Å². The number of para-hydroxylation sites is 1. The van der Waals surface area contributed by atoms with Gasteiger partial charge in [-0.3, -0.25) is 0 Å². The normalized spacial score (nSPS) is 10.3. The third-order valence-electron chi connectivity index (χ3n) is 2.43. The molecule has 0 bridgehead atoms. The average Bonchev–Trinajstić information content (AvgIpc) is 2.40. The van der Waals surface area contributed by atoms with Gasteiger partial charge in [0.15, 0.2) is 0 Å². The van der Waals surface area contributed by atoms with Gasteiger partial charge in [-0.05, 0) is 25.1 Å². The number of ether oxygens (including phenoxy) is 1. The zero-order chi connectivity index (χ0) is 12.8. The Morgan fingerprint density at radius 1 is 1.22 bits per heavy atom. The topological polar surface area (TPSA) is 48.1 Å². The predicted octanol–water partition coefficient (Wildman–Crippen LogP) is 3.35. The molecule has 0 amide bonds. The molecule has 0 radical (unpaired) electrons. The molecule has 0 aliphatic rings. The second-order valence-corrected chi connectivity index (χ2v) is 4.80. The number of hydrogen-bond donors (Lipinski definition) is 1. The maximum Gasteiger partial charge on any atom is 0.123 e. The maximum atomic E-state index is 5.60. The van der Waals surface area contributed by atoms with Crippen LogP contribution in [-0.2, 0) is 5.75 Å². The Labute approximate surface area is 111 Å². The molecule has 1 aromatic carbocycles. The molecular weight excluding hydrogens is 244 g/mol. The summed E-state index contributed by atoms with van der Waals surface area (Å²) < 4.78 is 5.60. The summed E-state index contributed by atoms with van der Waals surface area (Å²) in [4.78, 5) is 5.18. The van der Waals surface area contributed by atoms with Crippen LogP contribution in [0.4, 0.5) is 5.82 Å². The molecule has 0 saturated carbocycles. The standard InChI is InChI=1S/C14H16N2OS/c1-2-17-13-6-4-3-5-11(13)10-18-12-7-8-14(15)16-9-12/h3-9H,2,10H2,1H3,(H2,15,16). The SMILES string of the molecule is CCOc1ccccc1CSc1ccc(N)nc1. The summed E-state index contributed by atoms with van der Waals surface area (Å²) in [5.41, 5.74) is 6.75. The molecule has 0 aliphatic carbocycles. The number of nitrogens with two attached hydrogens (primary N) is 1. The van der Waals surface area contributed by atoms with Crippen LogP contribution >= 0.6 is 11.8 Å². The molecular formula is C14H16N2OS. The Balaban J connectivity index is 2.03. The first-order chi connectivity index (χ1) is 8.79. The van der Waals surface area contributed by atoms with Gasteiger partial charge in [-0.15, -0.1) is 11.8 Å². The number of rotatable bonds is 5. The fourth-order valence-electron chi connectivity index (χ4n) is 1.56. The van der Waals surface area contributed by atoms with Crippen molar-refractivity contribution < 1.29 is 4.74 Å². The van der Waals surface area contributed by atoms with Gasteiger partial charge in [-0.1, -0.05) is 18.2 Å². The summed E-state index contributed by atoms with van der Waals surface area (Å²) in [6.07, 6.45) is 1.79. The second-order valence-electron chi connectivity index (χ2n) is 3.75. The van der Waals surface area contributed by atoms with Crippen molar-refractivity contribution in [3.05, 3.63) is 48.2 Å². The summed E-state index contributed by atoms with van der Waals surface area (Å²) in [6.45, 7) is 2.68. The van der Waals surface area contributed by atoms with E-state index in [-0.39, 0.29) is 0 Å². The van der Waals surface area contributed by atoms with E-state index in [0.717, 1.165) is 16.4 Å². The van der Waals surface area contributed by atoms with E-state index in [1.807, 2.05) is 37.3 Å². The number of thioether (sulfide) groups is 1. The average molecular weight is 260 g/mol. The Hall–Kier alpha value is -1.68. The third-order valence-corrected chi connectivity index (χ3v) is 3.46. The van der Waals surface area contributed by atoms with Crippen LogP contribution in [0.15, 0.2) is 47.5 Å². The number of hydrogen-bond acceptors (Lipinski definition) is 4. The first-order valence-electron chi connectivity index (χ1n) is 5.84. The smallest absolute Gasteiger partial charge is 0.123 e. The number of nitrogen functional groups attached to an aromatic ring is 1. The lowest BCUT2D eigenvalue weighted by atomic mass is 10.2. The first-order valence-corrected chi connectivity index (χ1v) is 6.83. The van der Waals surface area contributed by atoms with Crippen molar-refractivity contribution in [1.82, 2.24) is 4.98 Å². The van der Waals surface area contributed by atoms with Gasteiger partial charge >= 0.3 is 0 Å². The van der Waals surface area contributed by atoms with Crippen LogP contribution in [0.25, 0.3) is 0 Å². The van der Waals surface area contributed by atoms with E-state index in [1.165, 1.54) is 5.56 Å². The van der Waals surface area contributed by atoms with Crippen molar-refractivity contribution in [2.24, 2.45) is 0 Å². The summed E-state index contributed by atoms with van der Waals surface area (Å²) in [6, 6.07) is 11.9. The number of pyridine rings is 1. The summed E-state index contributed by atoms with van der Waals surface area (Å²) in [5.74, 6) is 2.37. The highest BCUT2D eigenvalue weighted by atomic mass is 32.2. The molecule has 94 valence electrons. The zero-order valence-corrected chi connectivity index (χ0v) is 11.1. The maximum absolute atomic E-state index is 5.60. The van der Waals surface area contributed by atoms with E-state index in [1.54, 1.807) is 18.0 Å². The fraction of sp³-hybridized carbons (Fsp3) is 0.214. The first kappa shape index (κ1) is 12.8. The van der Waals surface area contributed by atoms with Crippen LogP contribution < -0.4 is 10.5 Å². The van der Waals surface area contributed by atoms with Crippen LogP contribution in [-0.4, -0.2) is 11.6 Å². The molecule has 0 spiro atoms. The Morgan fingerprint density at radius 3 is 2.78 bits per heavy atom. The molecule has 2 rings (SSSR count). The van der Waals surface area contributed by atoms with Crippen molar-refractivity contribution in [2.45, 2.75) is 17.6 Å². The zero-order valence-electron chi connectivity index (χ0n) is 10.3. The highest BCUT2D eigenvalue weighted by Crippen LogP contribution is 2.27. The van der Waals surface area contributed by atoms with Gasteiger partial charge in [0.2, 0.25) is 0 Å². The quantitative estimate of drug-likeness (QED) is 0.837. The van der Waals surface area contributed by atoms with E-state index >= 15 is 0 Å². The van der Waals surface area contributed by atoms with E-state index in [2.05, 4.69) is 11.1 Å². The Bertz CT molecular complexity index is 499. The van der Waals surface area contributed by atoms with E-state index in [9.17, 15) is 0 Å². The monoisotopic (exact) mass is 260 g/mol. The molecule has 3 nitrogen and oxygen atoms in total. The molecule has 0 aliphatic heterocycles. The minimum Gasteiger partial charge on any atom is -0.494 e. The van der Waals surface area contributed by atoms with Crippen molar-refractivity contribution >= 4 is 17.6 Å². The fourth-order valence-corrected chi connectivity index (χ4v) is 2.41. The van der Waals surface area contributed by atoms with Crippen molar-refractivity contribution in [1.29, 1.82) is 0 Å². The second kappa shape index (κ2) is 6.31. The summed E-state index contributed by atoms with van der Waals surface area (Å²) in [5, 5.41) is 0. The Morgan fingerprint density at radius 2 is 2.06 bits per heavy atom. The van der Waals surface area contributed by atoms with Gasteiger partial charge < -0.3 is 10.5 Å². The third kappa shape index (κ3) is 3.40. The molecule has 2 aromatic rings. The van der Waals surface area contributed by atoms with Gasteiger partial charge in [0.05, 0.1) is 6.61 Å². The highest BCUT2D eigenvalue weighted by molar-refractivity contribution is 7.98. The van der Waals surface area contributed by atoms with E-state index in [4.69, 9.17) is 10.5 Å². The van der Waals surface area contributed by atoms with E-state index < -0.39 is 0 Å². The number of benzene rings is 1. The van der Waals surface area contributed by atoms with Crippen molar-refractivity contribution in [2.75, 3.05) is 12.3 Å². The summed E-state index contributed by atoms with van der Waals surface area (Å²) >= 11 is 1.72. The van der Waals surface area contributed by atoms with Gasteiger partial charge in [-0.2, -0.15) is 0 Å². The molecule has 1 heterocycles. The molecule has 0 fully saturated rings. The van der Waals surface area contributed by atoms with Crippen LogP contribution in [0, 0.1) is 0 Å². The minimum absolute atomic E-state index is 0.550. The lowest BCUT2D eigenvalue weighted by Gasteiger charge is -2.09. The van der Waals surface area contributed by atoms with Crippen LogP contribution in [0.2, 0.25) is 0 Å². The largest absolute Gasteiger partial charge is 0.494 e. The molecule has 0 unspecified atom stereocenters. The molecule has 0 saturated heterocycles. The summed E-state index contributed by atoms with van der Waals surface area (Å²) in [7, 11) is 0.